The van der Waals surface area contributed by atoms with E-state index in [0.29, 0.717) is 23.8 Å². The minimum Gasteiger partial charge on any atom is -0.382 e. The van der Waals surface area contributed by atoms with Gasteiger partial charge in [-0.1, -0.05) is 48.0 Å². The molecule has 2 aromatic heterocycles. The smallest absolute Gasteiger partial charge is 0.251 e. The highest BCUT2D eigenvalue weighted by atomic mass is 35.5. The average Bonchev–Trinajstić information content (AvgIpc) is 3.46. The minimum absolute atomic E-state index is 0.0284. The summed E-state index contributed by atoms with van der Waals surface area (Å²) in [6.45, 7) is 0. The second-order valence-corrected chi connectivity index (χ2v) is 8.81. The number of halogens is 2. The highest BCUT2D eigenvalue weighted by Gasteiger charge is 2.23. The quantitative estimate of drug-likeness (QED) is 0.219. The number of nitrogens with zero attached hydrogens (tertiary/aromatic N) is 2. The molecular formula is C26H21ClFN7O2. The van der Waals surface area contributed by atoms with E-state index >= 15 is 0 Å². The average molecular weight is 518 g/mol. The SMILES string of the molecule is NC(=O)c1ccc(C(=O)NC(Cc2ccccc2)c2nc(-c3ccc4c(N)n[nH]c4c3)c(Cl)[nH]2)cc1F. The van der Waals surface area contributed by atoms with E-state index in [4.69, 9.17) is 23.1 Å². The summed E-state index contributed by atoms with van der Waals surface area (Å²) in [5.41, 5.74) is 13.6. The maximum atomic E-state index is 14.3. The number of nitrogen functional groups attached to an aromatic ring is 1. The van der Waals surface area contributed by atoms with Crippen molar-refractivity contribution < 1.29 is 14.0 Å². The molecule has 11 heteroatoms. The Bertz CT molecular complexity index is 1630. The number of rotatable bonds is 7. The molecule has 0 aliphatic carbocycles. The van der Waals surface area contributed by atoms with Crippen LogP contribution < -0.4 is 16.8 Å². The summed E-state index contributed by atoms with van der Waals surface area (Å²) in [4.78, 5) is 32.2. The van der Waals surface area contributed by atoms with Gasteiger partial charge in [0.1, 0.15) is 22.5 Å². The lowest BCUT2D eigenvalue weighted by Gasteiger charge is -2.17. The van der Waals surface area contributed by atoms with Crippen LogP contribution in [0.3, 0.4) is 0 Å². The molecule has 0 spiro atoms. The molecule has 0 fully saturated rings. The standard InChI is InChI=1S/C26H21ClFN7O2/c27-22-21(14-6-9-17-19(12-14)34-35-23(17)29)32-25(33-22)20(10-13-4-2-1-3-5-13)31-26(37)15-7-8-16(24(30)36)18(28)11-15/h1-9,11-12,20H,10H2,(H2,30,36)(H,31,37)(H,32,33)(H3,29,34,35). The number of carbonyl (C=O) groups excluding carboxylic acids is 2. The highest BCUT2D eigenvalue weighted by molar-refractivity contribution is 6.32. The number of hydrogen-bond donors (Lipinski definition) is 5. The van der Waals surface area contributed by atoms with Crippen LogP contribution in [0.15, 0.2) is 66.7 Å². The Kier molecular flexibility index (Phi) is 6.33. The maximum Gasteiger partial charge on any atom is 0.251 e. The summed E-state index contributed by atoms with van der Waals surface area (Å²) < 4.78 is 14.3. The van der Waals surface area contributed by atoms with E-state index in [2.05, 4.69) is 25.5 Å². The van der Waals surface area contributed by atoms with Crippen LogP contribution in [0.25, 0.3) is 22.2 Å². The van der Waals surface area contributed by atoms with Crippen LogP contribution in [0.5, 0.6) is 0 Å². The van der Waals surface area contributed by atoms with Gasteiger partial charge in [0.15, 0.2) is 5.82 Å². The number of H-pyrrole nitrogens is 2. The topological polar surface area (TPSA) is 156 Å². The van der Waals surface area contributed by atoms with Crippen LogP contribution in [0.1, 0.15) is 38.1 Å². The number of aromatic nitrogens is 4. The first-order valence-electron chi connectivity index (χ1n) is 11.2. The van der Waals surface area contributed by atoms with Gasteiger partial charge in [0.05, 0.1) is 17.1 Å². The van der Waals surface area contributed by atoms with Gasteiger partial charge in [-0.25, -0.2) is 9.37 Å². The van der Waals surface area contributed by atoms with Crippen molar-refractivity contribution in [3.05, 3.63) is 100 Å². The third-order valence-electron chi connectivity index (χ3n) is 5.96. The zero-order valence-electron chi connectivity index (χ0n) is 19.3. The van der Waals surface area contributed by atoms with Crippen molar-refractivity contribution in [3.8, 4) is 11.3 Å². The molecule has 186 valence electrons. The van der Waals surface area contributed by atoms with Gasteiger partial charge in [-0.2, -0.15) is 5.10 Å². The number of nitrogens with one attached hydrogen (secondary N) is 3. The van der Waals surface area contributed by atoms with E-state index in [0.717, 1.165) is 28.1 Å². The predicted molar refractivity (Wildman–Crippen MR) is 138 cm³/mol. The summed E-state index contributed by atoms with van der Waals surface area (Å²) in [5, 5.41) is 10.8. The molecule has 3 aromatic carbocycles. The Hall–Kier alpha value is -4.70. The molecule has 37 heavy (non-hydrogen) atoms. The summed E-state index contributed by atoms with van der Waals surface area (Å²) in [5.74, 6) is -1.55. The van der Waals surface area contributed by atoms with Crippen molar-refractivity contribution in [2.45, 2.75) is 12.5 Å². The lowest BCUT2D eigenvalue weighted by atomic mass is 10.0. The van der Waals surface area contributed by atoms with E-state index in [9.17, 15) is 14.0 Å². The van der Waals surface area contributed by atoms with Crippen LogP contribution in [0.4, 0.5) is 10.2 Å². The van der Waals surface area contributed by atoms with Gasteiger partial charge < -0.3 is 21.8 Å². The molecule has 1 unspecified atom stereocenters. The van der Waals surface area contributed by atoms with Crippen molar-refractivity contribution in [3.63, 3.8) is 0 Å². The van der Waals surface area contributed by atoms with Crippen molar-refractivity contribution >= 4 is 40.1 Å². The number of carbonyl (C=O) groups is 2. The normalized spacial score (nSPS) is 11.9. The van der Waals surface area contributed by atoms with E-state index in [1.807, 2.05) is 48.5 Å². The maximum absolute atomic E-state index is 14.3. The number of fused-ring (bicyclic) bond motifs is 1. The number of benzene rings is 3. The van der Waals surface area contributed by atoms with Crippen molar-refractivity contribution in [1.29, 1.82) is 0 Å². The Morgan fingerprint density at radius 1 is 1.08 bits per heavy atom. The number of amides is 2. The molecule has 5 aromatic rings. The van der Waals surface area contributed by atoms with Gasteiger partial charge in [-0.3, -0.25) is 14.7 Å². The van der Waals surface area contributed by atoms with Crippen molar-refractivity contribution in [1.82, 2.24) is 25.5 Å². The number of nitrogens with two attached hydrogens (primary N) is 2. The number of aromatic amines is 2. The van der Waals surface area contributed by atoms with Crippen molar-refractivity contribution in [2.24, 2.45) is 5.73 Å². The van der Waals surface area contributed by atoms with Gasteiger partial charge in [0.25, 0.3) is 11.8 Å². The molecule has 9 nitrogen and oxygen atoms in total. The molecule has 0 saturated carbocycles. The first kappa shape index (κ1) is 24.0. The number of imidazole rings is 1. The fourth-order valence-electron chi connectivity index (χ4n) is 4.08. The lowest BCUT2D eigenvalue weighted by Crippen LogP contribution is -2.31. The largest absolute Gasteiger partial charge is 0.382 e. The van der Waals surface area contributed by atoms with Gasteiger partial charge in [-0.15, -0.1) is 0 Å². The monoisotopic (exact) mass is 517 g/mol. The summed E-state index contributed by atoms with van der Waals surface area (Å²) in [6, 6.07) is 17.8. The first-order valence-corrected chi connectivity index (χ1v) is 11.6. The van der Waals surface area contributed by atoms with Crippen molar-refractivity contribution in [2.75, 3.05) is 5.73 Å². The van der Waals surface area contributed by atoms with Crippen LogP contribution in [0.2, 0.25) is 5.15 Å². The predicted octanol–water partition coefficient (Wildman–Crippen LogP) is 4.14. The molecule has 0 radical (unpaired) electrons. The van der Waals surface area contributed by atoms with Crippen LogP contribution in [-0.4, -0.2) is 32.0 Å². The van der Waals surface area contributed by atoms with E-state index in [1.54, 1.807) is 0 Å². The Morgan fingerprint density at radius 2 is 1.86 bits per heavy atom. The first-order chi connectivity index (χ1) is 17.8. The highest BCUT2D eigenvalue weighted by Crippen LogP contribution is 2.31. The molecule has 0 bridgehead atoms. The third-order valence-corrected chi connectivity index (χ3v) is 6.23. The number of primary amides is 1. The Labute approximate surface area is 215 Å². The summed E-state index contributed by atoms with van der Waals surface area (Å²) >= 11 is 6.53. The third kappa shape index (κ3) is 4.87. The van der Waals surface area contributed by atoms with Gasteiger partial charge >= 0.3 is 0 Å². The molecule has 0 saturated heterocycles. The summed E-state index contributed by atoms with van der Waals surface area (Å²) in [7, 11) is 0. The van der Waals surface area contributed by atoms with Gasteiger partial charge in [0.2, 0.25) is 0 Å². The van der Waals surface area contributed by atoms with Crippen LogP contribution in [0, 0.1) is 5.82 Å². The number of anilines is 1. The summed E-state index contributed by atoms with van der Waals surface area (Å²) in [6.07, 6.45) is 0.383. The molecule has 0 aliphatic heterocycles. The second-order valence-electron chi connectivity index (χ2n) is 8.43. The Balaban J connectivity index is 1.48. The van der Waals surface area contributed by atoms with E-state index < -0.39 is 23.7 Å². The zero-order chi connectivity index (χ0) is 26.1. The fraction of sp³-hybridized carbons (Fsp3) is 0.0769. The molecule has 2 amide bonds. The zero-order valence-corrected chi connectivity index (χ0v) is 20.0. The van der Waals surface area contributed by atoms with E-state index in [1.165, 1.54) is 12.1 Å². The fourth-order valence-corrected chi connectivity index (χ4v) is 4.33. The van der Waals surface area contributed by atoms with E-state index in [-0.39, 0.29) is 16.3 Å². The molecular weight excluding hydrogens is 497 g/mol. The van der Waals surface area contributed by atoms with Gasteiger partial charge in [0, 0.05) is 16.5 Å². The molecule has 5 rings (SSSR count). The second kappa shape index (κ2) is 9.75. The Morgan fingerprint density at radius 3 is 2.59 bits per heavy atom. The lowest BCUT2D eigenvalue weighted by molar-refractivity contribution is 0.0931. The molecule has 1 atom stereocenters. The van der Waals surface area contributed by atoms with Crippen LogP contribution >= 0.6 is 11.6 Å². The number of hydrogen-bond acceptors (Lipinski definition) is 5. The molecule has 0 aliphatic rings. The van der Waals surface area contributed by atoms with Crippen LogP contribution in [-0.2, 0) is 6.42 Å². The molecule has 2 heterocycles. The van der Waals surface area contributed by atoms with Gasteiger partial charge in [-0.05, 0) is 42.3 Å². The molecule has 7 N–H and O–H groups in total. The minimum atomic E-state index is -0.917.